The van der Waals surface area contributed by atoms with E-state index >= 15 is 0 Å². The van der Waals surface area contributed by atoms with E-state index < -0.39 is 0 Å². The Balaban J connectivity index is 1.45. The molecule has 0 spiro atoms. The Bertz CT molecular complexity index is 927. The van der Waals surface area contributed by atoms with Gasteiger partial charge in [0, 0.05) is 30.9 Å². The zero-order chi connectivity index (χ0) is 19.3. The van der Waals surface area contributed by atoms with Gasteiger partial charge in [-0.3, -0.25) is 14.9 Å². The predicted octanol–water partition coefficient (Wildman–Crippen LogP) is 4.12. The van der Waals surface area contributed by atoms with E-state index in [0.717, 1.165) is 42.1 Å². The lowest BCUT2D eigenvalue weighted by molar-refractivity contribution is -0.00703. The van der Waals surface area contributed by atoms with Crippen LogP contribution in [0.5, 0.6) is 0 Å². The molecule has 1 N–H and O–H groups in total. The normalized spacial score (nSPS) is 18.9. The molecule has 3 heterocycles. The van der Waals surface area contributed by atoms with Crippen LogP contribution in [0.25, 0.3) is 11.0 Å². The Kier molecular flexibility index (Phi) is 6.22. The van der Waals surface area contributed by atoms with Gasteiger partial charge in [0.2, 0.25) is 0 Å². The summed E-state index contributed by atoms with van der Waals surface area (Å²) in [4.78, 5) is 15.9. The summed E-state index contributed by atoms with van der Waals surface area (Å²) in [6.45, 7) is 2.87. The van der Waals surface area contributed by atoms with Crippen molar-refractivity contribution in [2.75, 3.05) is 31.6 Å². The van der Waals surface area contributed by atoms with Crippen LogP contribution in [0, 0.1) is 0 Å². The Hall–Kier alpha value is -1.99. The highest BCUT2D eigenvalue weighted by atomic mass is 35.5. The maximum Gasteiger partial charge on any atom is 0.145 e. The SMILES string of the molecule is Clc1ccc2ncc(NCCC(c3ccccn3)N3CCOC(Cl)C3)nc2c1. The van der Waals surface area contributed by atoms with Crippen LogP contribution < -0.4 is 5.32 Å². The summed E-state index contributed by atoms with van der Waals surface area (Å²) in [6.07, 6.45) is 4.43. The second-order valence-electron chi connectivity index (χ2n) is 6.65. The highest BCUT2D eigenvalue weighted by Gasteiger charge is 2.27. The molecule has 4 rings (SSSR count). The number of alkyl halides is 1. The molecule has 28 heavy (non-hydrogen) atoms. The number of hydrogen-bond acceptors (Lipinski definition) is 6. The molecule has 6 nitrogen and oxygen atoms in total. The van der Waals surface area contributed by atoms with Gasteiger partial charge in [-0.1, -0.05) is 29.3 Å². The molecule has 0 bridgehead atoms. The van der Waals surface area contributed by atoms with Gasteiger partial charge in [-0.05, 0) is 36.8 Å². The van der Waals surface area contributed by atoms with E-state index in [2.05, 4.69) is 31.2 Å². The second kappa shape index (κ2) is 9.01. The highest BCUT2D eigenvalue weighted by molar-refractivity contribution is 6.31. The number of benzene rings is 1. The van der Waals surface area contributed by atoms with Crippen molar-refractivity contribution in [1.82, 2.24) is 19.9 Å². The van der Waals surface area contributed by atoms with E-state index in [1.807, 2.05) is 36.5 Å². The molecule has 0 saturated carbocycles. The number of nitrogens with one attached hydrogen (secondary N) is 1. The molecular formula is C20H21Cl2N5O. The van der Waals surface area contributed by atoms with Crippen LogP contribution >= 0.6 is 23.2 Å². The minimum atomic E-state index is -0.288. The maximum atomic E-state index is 6.21. The van der Waals surface area contributed by atoms with Crippen molar-refractivity contribution in [2.45, 2.75) is 18.0 Å². The van der Waals surface area contributed by atoms with Crippen molar-refractivity contribution in [3.8, 4) is 0 Å². The van der Waals surface area contributed by atoms with Gasteiger partial charge in [-0.25, -0.2) is 4.98 Å². The number of nitrogens with zero attached hydrogens (tertiary/aromatic N) is 4. The van der Waals surface area contributed by atoms with Gasteiger partial charge in [0.05, 0.1) is 35.6 Å². The lowest BCUT2D eigenvalue weighted by atomic mass is 10.1. The molecule has 1 saturated heterocycles. The molecule has 2 unspecified atom stereocenters. The summed E-state index contributed by atoms with van der Waals surface area (Å²) < 4.78 is 5.48. The first-order valence-corrected chi connectivity index (χ1v) is 10.1. The Morgan fingerprint density at radius 1 is 1.21 bits per heavy atom. The minimum Gasteiger partial charge on any atom is -0.369 e. The Morgan fingerprint density at radius 3 is 2.96 bits per heavy atom. The van der Waals surface area contributed by atoms with Gasteiger partial charge in [0.15, 0.2) is 0 Å². The summed E-state index contributed by atoms with van der Waals surface area (Å²) in [5, 5.41) is 4.02. The van der Waals surface area contributed by atoms with E-state index in [1.165, 1.54) is 0 Å². The van der Waals surface area contributed by atoms with Gasteiger partial charge in [-0.2, -0.15) is 0 Å². The van der Waals surface area contributed by atoms with Gasteiger partial charge < -0.3 is 10.1 Å². The zero-order valence-electron chi connectivity index (χ0n) is 15.3. The number of anilines is 1. The fourth-order valence-corrected chi connectivity index (χ4v) is 3.84. The third-order valence-corrected chi connectivity index (χ3v) is 5.25. The summed E-state index contributed by atoms with van der Waals surface area (Å²) in [5.74, 6) is 0.728. The van der Waals surface area contributed by atoms with E-state index in [0.29, 0.717) is 18.2 Å². The quantitative estimate of drug-likeness (QED) is 0.608. The standard InChI is InChI=1S/C20H21Cl2N5O/c21-14-4-5-15-17(11-14)26-20(12-25-15)24-8-6-18(16-3-1-2-7-23-16)27-9-10-28-19(22)13-27/h1-5,7,11-12,18-19H,6,8-10,13H2,(H,24,26). The van der Waals surface area contributed by atoms with E-state index in [-0.39, 0.29) is 11.6 Å². The number of hydrogen-bond donors (Lipinski definition) is 1. The smallest absolute Gasteiger partial charge is 0.145 e. The topological polar surface area (TPSA) is 63.2 Å². The van der Waals surface area contributed by atoms with Crippen molar-refractivity contribution >= 4 is 40.1 Å². The first-order chi connectivity index (χ1) is 13.7. The summed E-state index contributed by atoms with van der Waals surface area (Å²) in [5.41, 5.74) is 2.34. The van der Waals surface area contributed by atoms with Gasteiger partial charge >= 0.3 is 0 Å². The van der Waals surface area contributed by atoms with Crippen LogP contribution in [0.2, 0.25) is 5.02 Å². The average Bonchev–Trinajstić information content (AvgIpc) is 2.71. The second-order valence-corrected chi connectivity index (χ2v) is 7.57. The molecule has 0 radical (unpaired) electrons. The number of aromatic nitrogens is 3. The number of rotatable bonds is 6. The van der Waals surface area contributed by atoms with Crippen molar-refractivity contribution in [2.24, 2.45) is 0 Å². The molecule has 0 aliphatic carbocycles. The van der Waals surface area contributed by atoms with Crippen LogP contribution in [0.4, 0.5) is 5.82 Å². The van der Waals surface area contributed by atoms with Gasteiger partial charge in [0.1, 0.15) is 11.4 Å². The maximum absolute atomic E-state index is 6.21. The number of pyridine rings is 1. The lowest BCUT2D eigenvalue weighted by Crippen LogP contribution is -2.43. The van der Waals surface area contributed by atoms with Crippen LogP contribution in [0.15, 0.2) is 48.8 Å². The molecule has 3 aromatic rings. The number of morpholine rings is 1. The van der Waals surface area contributed by atoms with Gasteiger partial charge in [0.25, 0.3) is 0 Å². The minimum absolute atomic E-state index is 0.154. The Morgan fingerprint density at radius 2 is 2.14 bits per heavy atom. The monoisotopic (exact) mass is 417 g/mol. The lowest BCUT2D eigenvalue weighted by Gasteiger charge is -2.36. The summed E-state index contributed by atoms with van der Waals surface area (Å²) >= 11 is 12.3. The van der Waals surface area contributed by atoms with E-state index in [1.54, 1.807) is 6.20 Å². The first-order valence-electron chi connectivity index (χ1n) is 9.26. The zero-order valence-corrected chi connectivity index (χ0v) is 16.8. The molecule has 8 heteroatoms. The van der Waals surface area contributed by atoms with Crippen molar-refractivity contribution in [3.05, 3.63) is 59.5 Å². The van der Waals surface area contributed by atoms with E-state index in [9.17, 15) is 0 Å². The average molecular weight is 418 g/mol. The third-order valence-electron chi connectivity index (χ3n) is 4.75. The predicted molar refractivity (Wildman–Crippen MR) is 112 cm³/mol. The largest absolute Gasteiger partial charge is 0.369 e. The molecule has 146 valence electrons. The summed E-state index contributed by atoms with van der Waals surface area (Å²) in [6, 6.07) is 11.7. The summed E-state index contributed by atoms with van der Waals surface area (Å²) in [7, 11) is 0. The molecule has 1 aliphatic rings. The molecule has 0 amide bonds. The molecule has 2 atom stereocenters. The van der Waals surface area contributed by atoms with Crippen LogP contribution in [0.1, 0.15) is 18.2 Å². The fourth-order valence-electron chi connectivity index (χ4n) is 3.41. The first kappa shape index (κ1) is 19.3. The Labute approximate surface area is 173 Å². The number of ether oxygens (including phenoxy) is 1. The van der Waals surface area contributed by atoms with Crippen molar-refractivity contribution in [1.29, 1.82) is 0 Å². The molecule has 2 aromatic heterocycles. The van der Waals surface area contributed by atoms with Crippen LogP contribution in [-0.4, -0.2) is 51.7 Å². The van der Waals surface area contributed by atoms with Crippen LogP contribution in [-0.2, 0) is 4.74 Å². The van der Waals surface area contributed by atoms with Crippen LogP contribution in [0.3, 0.4) is 0 Å². The molecule has 1 fully saturated rings. The molecule has 1 aliphatic heterocycles. The third kappa shape index (κ3) is 4.70. The molecule has 1 aromatic carbocycles. The van der Waals surface area contributed by atoms with Gasteiger partial charge in [-0.15, -0.1) is 0 Å². The van der Waals surface area contributed by atoms with E-state index in [4.69, 9.17) is 27.9 Å². The van der Waals surface area contributed by atoms with Crippen molar-refractivity contribution < 1.29 is 4.74 Å². The number of halogens is 2. The number of fused-ring (bicyclic) bond motifs is 1. The fraction of sp³-hybridized carbons (Fsp3) is 0.350. The highest BCUT2D eigenvalue weighted by Crippen LogP contribution is 2.26. The molecular weight excluding hydrogens is 397 g/mol. The van der Waals surface area contributed by atoms with Crippen molar-refractivity contribution in [3.63, 3.8) is 0 Å².